The van der Waals surface area contributed by atoms with Crippen molar-refractivity contribution in [2.75, 3.05) is 18.6 Å². The first-order valence-electron chi connectivity index (χ1n) is 9.42. The molecule has 4 rings (SSSR count). The monoisotopic (exact) mass is 413 g/mol. The van der Waals surface area contributed by atoms with Crippen molar-refractivity contribution in [3.8, 4) is 16.5 Å². The van der Waals surface area contributed by atoms with E-state index in [0.29, 0.717) is 24.0 Å². The fraction of sp³-hybridized carbons (Fsp3) is 0.400. The third-order valence-corrected chi connectivity index (χ3v) is 6.30. The lowest BCUT2D eigenvalue weighted by Crippen LogP contribution is -2.25. The Bertz CT molecular complexity index is 963. The molecule has 8 heteroatoms. The van der Waals surface area contributed by atoms with E-state index in [0.717, 1.165) is 46.8 Å². The van der Waals surface area contributed by atoms with Gasteiger partial charge in [-0.25, -0.2) is 14.6 Å². The molecule has 0 bridgehead atoms. The zero-order valence-electron chi connectivity index (χ0n) is 16.0. The van der Waals surface area contributed by atoms with Gasteiger partial charge in [-0.05, 0) is 55.2 Å². The molecule has 3 aromatic rings. The van der Waals surface area contributed by atoms with Gasteiger partial charge in [0.05, 0.1) is 28.0 Å². The summed E-state index contributed by atoms with van der Waals surface area (Å²) < 4.78 is 1.75. The average Bonchev–Trinajstić information content (AvgIpc) is 3.21. The zero-order chi connectivity index (χ0) is 19.5. The highest BCUT2D eigenvalue weighted by Gasteiger charge is 2.33. The van der Waals surface area contributed by atoms with Gasteiger partial charge in [-0.15, -0.1) is 11.3 Å². The van der Waals surface area contributed by atoms with Crippen LogP contribution in [0.25, 0.3) is 16.5 Å². The number of carbonyl (C=O) groups is 1. The lowest BCUT2D eigenvalue weighted by atomic mass is 10.1. The van der Waals surface area contributed by atoms with Gasteiger partial charge in [-0.1, -0.05) is 6.07 Å². The van der Waals surface area contributed by atoms with E-state index in [9.17, 15) is 4.79 Å². The Morgan fingerprint density at radius 2 is 2.25 bits per heavy atom. The van der Waals surface area contributed by atoms with Gasteiger partial charge in [0.1, 0.15) is 0 Å². The lowest BCUT2D eigenvalue weighted by Gasteiger charge is -2.10. The highest BCUT2D eigenvalue weighted by Crippen LogP contribution is 2.42. The number of thioether (sulfide) groups is 1. The van der Waals surface area contributed by atoms with Crippen molar-refractivity contribution in [2.24, 2.45) is 0 Å². The minimum absolute atomic E-state index is 0.0557. The number of aromatic nitrogens is 4. The molecule has 0 aromatic carbocycles. The Hall–Kier alpha value is -2.19. The normalized spacial score (nSPS) is 13.6. The first-order valence-corrected chi connectivity index (χ1v) is 11.7. The zero-order valence-corrected chi connectivity index (χ0v) is 17.6. The van der Waals surface area contributed by atoms with Crippen molar-refractivity contribution < 1.29 is 4.79 Å². The summed E-state index contributed by atoms with van der Waals surface area (Å²) in [6.45, 7) is 2.69. The molecule has 0 unspecified atom stereocenters. The summed E-state index contributed by atoms with van der Waals surface area (Å²) in [5.74, 6) is 1.86. The van der Waals surface area contributed by atoms with Gasteiger partial charge in [0.2, 0.25) is 0 Å². The Kier molecular flexibility index (Phi) is 5.77. The fourth-order valence-electron chi connectivity index (χ4n) is 3.15. The number of amides is 1. The first kappa shape index (κ1) is 19.1. The molecule has 0 saturated heterocycles. The summed E-state index contributed by atoms with van der Waals surface area (Å²) in [4.78, 5) is 23.1. The number of carbonyl (C=O) groups excluding carboxylic acids is 1. The van der Waals surface area contributed by atoms with Gasteiger partial charge < -0.3 is 5.32 Å². The van der Waals surface area contributed by atoms with Gasteiger partial charge >= 0.3 is 0 Å². The number of hydrogen-bond acceptors (Lipinski definition) is 6. The molecule has 6 nitrogen and oxygen atoms in total. The third-order valence-electron chi connectivity index (χ3n) is 4.73. The molecule has 1 saturated carbocycles. The Morgan fingerprint density at radius 1 is 1.39 bits per heavy atom. The number of aryl methyl sites for hydroxylation is 1. The van der Waals surface area contributed by atoms with Gasteiger partial charge in [0, 0.05) is 18.7 Å². The highest BCUT2D eigenvalue weighted by molar-refractivity contribution is 7.98. The van der Waals surface area contributed by atoms with E-state index in [-0.39, 0.29) is 5.91 Å². The van der Waals surface area contributed by atoms with Crippen LogP contribution in [0.15, 0.2) is 29.9 Å². The van der Waals surface area contributed by atoms with Crippen molar-refractivity contribution in [1.82, 2.24) is 25.1 Å². The molecule has 146 valence electrons. The van der Waals surface area contributed by atoms with Crippen molar-refractivity contribution in [3.63, 3.8) is 0 Å². The molecule has 0 atom stereocenters. The van der Waals surface area contributed by atoms with Crippen LogP contribution in [0, 0.1) is 6.92 Å². The SMILES string of the molecule is CSCCCNC(=O)c1cnn(-c2ncc(C)c(-c3cccs3)n2)c1C1CC1. The molecule has 3 heterocycles. The Balaban J connectivity index is 1.65. The Morgan fingerprint density at radius 3 is 2.96 bits per heavy atom. The van der Waals surface area contributed by atoms with Crippen molar-refractivity contribution in [3.05, 3.63) is 46.7 Å². The van der Waals surface area contributed by atoms with Crippen LogP contribution in [0.3, 0.4) is 0 Å². The second-order valence-electron chi connectivity index (χ2n) is 6.91. The third kappa shape index (κ3) is 3.98. The van der Waals surface area contributed by atoms with Gasteiger partial charge in [0.15, 0.2) is 0 Å². The lowest BCUT2D eigenvalue weighted by molar-refractivity contribution is 0.0952. The molecule has 1 amide bonds. The maximum Gasteiger partial charge on any atom is 0.254 e. The molecule has 0 radical (unpaired) electrons. The summed E-state index contributed by atoms with van der Waals surface area (Å²) in [7, 11) is 0. The number of nitrogens with zero attached hydrogens (tertiary/aromatic N) is 4. The number of nitrogens with one attached hydrogen (secondary N) is 1. The van der Waals surface area contributed by atoms with Crippen molar-refractivity contribution in [1.29, 1.82) is 0 Å². The molecule has 28 heavy (non-hydrogen) atoms. The van der Waals surface area contributed by atoms with E-state index in [1.54, 1.807) is 34.0 Å². The second kappa shape index (κ2) is 8.45. The molecule has 1 fully saturated rings. The molecule has 1 N–H and O–H groups in total. The van der Waals surface area contributed by atoms with Crippen LogP contribution in [0.1, 0.15) is 46.8 Å². The first-order chi connectivity index (χ1) is 13.7. The molecule has 0 aliphatic heterocycles. The van der Waals surface area contributed by atoms with Crippen LogP contribution < -0.4 is 5.32 Å². The minimum Gasteiger partial charge on any atom is -0.352 e. The van der Waals surface area contributed by atoms with Crippen molar-refractivity contribution in [2.45, 2.75) is 32.1 Å². The van der Waals surface area contributed by atoms with E-state index in [1.165, 1.54) is 0 Å². The highest BCUT2D eigenvalue weighted by atomic mass is 32.2. The van der Waals surface area contributed by atoms with E-state index < -0.39 is 0 Å². The summed E-state index contributed by atoms with van der Waals surface area (Å²) in [5.41, 5.74) is 3.52. The van der Waals surface area contributed by atoms with Crippen LogP contribution in [0.4, 0.5) is 0 Å². The largest absolute Gasteiger partial charge is 0.352 e. The topological polar surface area (TPSA) is 72.7 Å². The van der Waals surface area contributed by atoms with E-state index in [4.69, 9.17) is 4.98 Å². The summed E-state index contributed by atoms with van der Waals surface area (Å²) in [6.07, 6.45) is 8.67. The van der Waals surface area contributed by atoms with E-state index >= 15 is 0 Å². The maximum atomic E-state index is 12.7. The van der Waals surface area contributed by atoms with Crippen LogP contribution in [-0.4, -0.2) is 44.2 Å². The number of rotatable bonds is 8. The standard InChI is InChI=1S/C20H23N5OS2/c1-13-11-22-20(24-17(13)16-5-3-10-28-16)25-18(14-6-7-14)15(12-23-25)19(26)21-8-4-9-27-2/h3,5,10-12,14H,4,6-9H2,1-2H3,(H,21,26). The number of hydrogen-bond donors (Lipinski definition) is 1. The van der Waals surface area contributed by atoms with Crippen LogP contribution >= 0.6 is 23.1 Å². The maximum absolute atomic E-state index is 12.7. The van der Waals surface area contributed by atoms with Crippen LogP contribution in [-0.2, 0) is 0 Å². The van der Waals surface area contributed by atoms with Gasteiger partial charge in [-0.3, -0.25) is 4.79 Å². The van der Waals surface area contributed by atoms with Crippen LogP contribution in [0.5, 0.6) is 0 Å². The van der Waals surface area contributed by atoms with Crippen LogP contribution in [0.2, 0.25) is 0 Å². The molecule has 0 spiro atoms. The number of thiophene rings is 1. The predicted molar refractivity (Wildman–Crippen MR) is 115 cm³/mol. The van der Waals surface area contributed by atoms with Gasteiger partial charge in [0.25, 0.3) is 11.9 Å². The quantitative estimate of drug-likeness (QED) is 0.564. The molecule has 3 aromatic heterocycles. The summed E-state index contributed by atoms with van der Waals surface area (Å²) in [5, 5.41) is 9.56. The summed E-state index contributed by atoms with van der Waals surface area (Å²) in [6, 6.07) is 4.08. The van der Waals surface area contributed by atoms with Crippen molar-refractivity contribution >= 4 is 29.0 Å². The average molecular weight is 414 g/mol. The predicted octanol–water partition coefficient (Wildman–Crippen LogP) is 4.06. The second-order valence-corrected chi connectivity index (χ2v) is 8.84. The fourth-order valence-corrected chi connectivity index (χ4v) is 4.37. The van der Waals surface area contributed by atoms with E-state index in [2.05, 4.69) is 27.7 Å². The molecule has 1 aliphatic rings. The molecular formula is C20H23N5OS2. The van der Waals surface area contributed by atoms with E-state index in [1.807, 2.05) is 24.6 Å². The molecular weight excluding hydrogens is 390 g/mol. The minimum atomic E-state index is -0.0557. The van der Waals surface area contributed by atoms with Gasteiger partial charge in [-0.2, -0.15) is 16.9 Å². The Labute approximate surface area is 172 Å². The molecule has 1 aliphatic carbocycles. The summed E-state index contributed by atoms with van der Waals surface area (Å²) >= 11 is 3.44. The smallest absolute Gasteiger partial charge is 0.254 e.